The largest absolute Gasteiger partial charge is 0.428 e. The third-order valence-electron chi connectivity index (χ3n) is 5.14. The number of halogens is 5. The molecule has 3 nitrogen and oxygen atoms in total. The number of aryl methyl sites for hydroxylation is 1. The highest BCUT2D eigenvalue weighted by molar-refractivity contribution is 8.32. The molecule has 0 aliphatic rings. The lowest BCUT2D eigenvalue weighted by atomic mass is 10.2. The molecule has 0 amide bonds. The standard InChI is InChI=1S/C25H17F5O3S2/c1-16-9-8-14-19(15-16)34(17-10-4-2-5-11-17,18-12-6-3-7-13-18)33-35(31,32)25-23(29)21(27)20(26)22(28)24(25)30/h2-15H,1H3/p+1. The maximum absolute atomic E-state index is 14.6. The van der Waals surface area contributed by atoms with Gasteiger partial charge in [0.15, 0.2) is 23.3 Å². The van der Waals surface area contributed by atoms with E-state index in [1.165, 1.54) is 0 Å². The molecule has 0 unspecified atom stereocenters. The fourth-order valence-corrected chi connectivity index (χ4v) is 9.26. The summed E-state index contributed by atoms with van der Waals surface area (Å²) in [5.41, 5.74) is 0.745. The number of benzene rings is 4. The minimum Gasteiger partial charge on any atom is -0.258 e. The minimum atomic E-state index is -5.43. The molecule has 0 saturated carbocycles. The molecule has 0 fully saturated rings. The van der Waals surface area contributed by atoms with E-state index >= 15 is 0 Å². The second-order valence-corrected chi connectivity index (χ2v) is 12.0. The molecule has 182 valence electrons. The number of hydrogen-bond donors (Lipinski definition) is 0. The van der Waals surface area contributed by atoms with Crippen LogP contribution in [0.15, 0.2) is 105 Å². The first-order valence-corrected chi connectivity index (χ1v) is 13.1. The summed E-state index contributed by atoms with van der Waals surface area (Å²) >= 11 is 0. The summed E-state index contributed by atoms with van der Waals surface area (Å²) < 4.78 is 102. The van der Waals surface area contributed by atoms with E-state index in [1.54, 1.807) is 91.9 Å². The summed E-state index contributed by atoms with van der Waals surface area (Å²) in [7, 11) is -8.60. The Morgan fingerprint density at radius 2 is 1.00 bits per heavy atom. The maximum atomic E-state index is 14.6. The van der Waals surface area contributed by atoms with Crippen LogP contribution in [0.5, 0.6) is 0 Å². The van der Waals surface area contributed by atoms with Crippen molar-refractivity contribution in [1.82, 2.24) is 0 Å². The topological polar surface area (TPSA) is 46.9 Å². The van der Waals surface area contributed by atoms with E-state index in [9.17, 15) is 30.4 Å². The van der Waals surface area contributed by atoms with Gasteiger partial charge < -0.3 is 0 Å². The normalized spacial score (nSPS) is 12.5. The smallest absolute Gasteiger partial charge is 0.258 e. The van der Waals surface area contributed by atoms with Crippen LogP contribution >= 0.6 is 10.3 Å². The van der Waals surface area contributed by atoms with Crippen molar-refractivity contribution in [2.45, 2.75) is 26.5 Å². The Hall–Kier alpha value is -3.21. The zero-order valence-corrected chi connectivity index (χ0v) is 19.7. The molecule has 0 spiro atoms. The molecule has 4 aromatic rings. The van der Waals surface area contributed by atoms with Crippen LogP contribution in [0, 0.1) is 36.0 Å². The van der Waals surface area contributed by atoms with Crippen LogP contribution in [0.25, 0.3) is 0 Å². The third-order valence-corrected chi connectivity index (χ3v) is 10.5. The van der Waals surface area contributed by atoms with Gasteiger partial charge in [-0.05, 0) is 48.9 Å². The molecular formula is C25H18F5O3S2+. The van der Waals surface area contributed by atoms with Gasteiger partial charge in [0.2, 0.25) is 10.7 Å². The highest BCUT2D eigenvalue weighted by atomic mass is 32.3. The van der Waals surface area contributed by atoms with Gasteiger partial charge in [0, 0.05) is 0 Å². The van der Waals surface area contributed by atoms with E-state index in [4.69, 9.17) is 0 Å². The Balaban J connectivity index is 2.08. The Labute approximate surface area is 200 Å². The molecule has 0 aromatic heterocycles. The van der Waals surface area contributed by atoms with E-state index in [0.29, 0.717) is 14.7 Å². The van der Waals surface area contributed by atoms with Crippen LogP contribution in [-0.2, 0) is 10.1 Å². The molecule has 0 aliphatic heterocycles. The summed E-state index contributed by atoms with van der Waals surface area (Å²) in [6.45, 7) is 1.77. The summed E-state index contributed by atoms with van der Waals surface area (Å²) in [5, 5.41) is 0. The number of rotatable bonds is 6. The van der Waals surface area contributed by atoms with Crippen LogP contribution in [0.3, 0.4) is 0 Å². The number of hydrogen-bond acceptors (Lipinski definition) is 2. The lowest BCUT2D eigenvalue weighted by Crippen LogP contribution is -2.22. The van der Waals surface area contributed by atoms with Crippen molar-refractivity contribution in [2.24, 2.45) is 0 Å². The molecule has 0 bridgehead atoms. The van der Waals surface area contributed by atoms with E-state index in [2.05, 4.69) is 3.63 Å². The minimum absolute atomic E-state index is 0.379. The second-order valence-electron chi connectivity index (χ2n) is 7.47. The summed E-state index contributed by atoms with van der Waals surface area (Å²) in [5.74, 6) is -12.1. The Morgan fingerprint density at radius 3 is 1.46 bits per heavy atom. The molecule has 10 heteroatoms. The van der Waals surface area contributed by atoms with E-state index in [-0.39, 0.29) is 0 Å². The second kappa shape index (κ2) is 9.44. The van der Waals surface area contributed by atoms with Gasteiger partial charge in [-0.25, -0.2) is 22.0 Å². The Bertz CT molecular complexity index is 1430. The van der Waals surface area contributed by atoms with Gasteiger partial charge in [0.1, 0.15) is 0 Å². The molecule has 0 aliphatic carbocycles. The molecule has 1 N–H and O–H groups in total. The van der Waals surface area contributed by atoms with Crippen molar-refractivity contribution in [3.63, 3.8) is 0 Å². The fraction of sp³-hybridized carbons (Fsp3) is 0.0400. The van der Waals surface area contributed by atoms with Crippen LogP contribution in [0.1, 0.15) is 5.56 Å². The van der Waals surface area contributed by atoms with E-state index in [1.807, 2.05) is 0 Å². The van der Waals surface area contributed by atoms with Crippen molar-refractivity contribution in [2.75, 3.05) is 0 Å². The summed E-state index contributed by atoms with van der Waals surface area (Å²) in [4.78, 5) is -0.846. The average molecular weight is 526 g/mol. The van der Waals surface area contributed by atoms with Gasteiger partial charge >= 0.3 is 10.1 Å². The molecular weight excluding hydrogens is 507 g/mol. The van der Waals surface area contributed by atoms with Crippen LogP contribution < -0.4 is 0 Å². The molecule has 0 heterocycles. The first kappa shape index (κ1) is 24.9. The Kier molecular flexibility index (Phi) is 6.72. The maximum Gasteiger partial charge on any atom is 0.428 e. The monoisotopic (exact) mass is 525 g/mol. The zero-order chi connectivity index (χ0) is 25.4. The molecule has 0 saturated heterocycles. The van der Waals surface area contributed by atoms with Gasteiger partial charge in [-0.2, -0.15) is 0 Å². The van der Waals surface area contributed by atoms with Crippen LogP contribution in [0.2, 0.25) is 0 Å². The van der Waals surface area contributed by atoms with Crippen LogP contribution in [0.4, 0.5) is 22.0 Å². The summed E-state index contributed by atoms with van der Waals surface area (Å²) in [6, 6.07) is 23.0. The lowest BCUT2D eigenvalue weighted by molar-refractivity contribution is 0.338. The lowest BCUT2D eigenvalue weighted by Gasteiger charge is -2.35. The van der Waals surface area contributed by atoms with Crippen molar-refractivity contribution < 1.29 is 34.0 Å². The van der Waals surface area contributed by atoms with Gasteiger partial charge in [0.25, 0.3) is 0 Å². The van der Waals surface area contributed by atoms with Crippen molar-refractivity contribution in [3.05, 3.63) is 120 Å². The van der Waals surface area contributed by atoms with Crippen molar-refractivity contribution in [1.29, 1.82) is 0 Å². The zero-order valence-electron chi connectivity index (χ0n) is 18.1. The van der Waals surface area contributed by atoms with Crippen molar-refractivity contribution >= 4 is 20.4 Å². The highest BCUT2D eigenvalue weighted by Gasteiger charge is 2.47. The Morgan fingerprint density at radius 1 is 0.571 bits per heavy atom. The molecule has 4 rings (SSSR count). The van der Waals surface area contributed by atoms with Crippen molar-refractivity contribution in [3.8, 4) is 0 Å². The molecule has 35 heavy (non-hydrogen) atoms. The van der Waals surface area contributed by atoms with Gasteiger partial charge in [-0.15, -0.1) is 8.42 Å². The van der Waals surface area contributed by atoms with E-state index in [0.717, 1.165) is 5.56 Å². The first-order chi connectivity index (χ1) is 16.6. The summed E-state index contributed by atoms with van der Waals surface area (Å²) in [6.07, 6.45) is 0. The van der Waals surface area contributed by atoms with Gasteiger partial charge in [0.05, 0.1) is 25.0 Å². The predicted octanol–water partition coefficient (Wildman–Crippen LogP) is 7.37. The average Bonchev–Trinajstić information content (AvgIpc) is 2.86. The molecule has 4 aromatic carbocycles. The SMILES string of the molecule is Cc1cccc(S([OH+]S(=O)(=O)c2c(F)c(F)c(F)c(F)c2F)(c2ccccc2)c2ccccc2)c1. The fourth-order valence-electron chi connectivity index (χ4n) is 3.57. The molecule has 0 radical (unpaired) electrons. The van der Waals surface area contributed by atoms with E-state index < -0.39 is 54.4 Å². The first-order valence-electron chi connectivity index (χ1n) is 10.1. The quantitative estimate of drug-likeness (QED) is 0.0868. The third kappa shape index (κ3) is 4.33. The predicted molar refractivity (Wildman–Crippen MR) is 122 cm³/mol. The highest BCUT2D eigenvalue weighted by Crippen LogP contribution is 2.68. The van der Waals surface area contributed by atoms with Crippen LogP contribution in [-0.4, -0.2) is 12.0 Å². The van der Waals surface area contributed by atoms with Gasteiger partial charge in [-0.1, -0.05) is 48.5 Å². The van der Waals surface area contributed by atoms with Gasteiger partial charge in [-0.3, -0.25) is 3.63 Å². The molecule has 0 atom stereocenters.